The van der Waals surface area contributed by atoms with Gasteiger partial charge in [0.05, 0.1) is 17.7 Å². The van der Waals surface area contributed by atoms with Crippen molar-refractivity contribution >= 4 is 11.9 Å². The highest BCUT2D eigenvalue weighted by Gasteiger charge is 2.12. The summed E-state index contributed by atoms with van der Waals surface area (Å²) in [6, 6.07) is 23.3. The summed E-state index contributed by atoms with van der Waals surface area (Å²) in [6.45, 7) is 2.23. The third-order valence-electron chi connectivity index (χ3n) is 4.03. The Kier molecular flexibility index (Phi) is 6.00. The molecule has 0 aliphatic carbocycles. The van der Waals surface area contributed by atoms with Crippen LogP contribution in [0.15, 0.2) is 78.9 Å². The number of carbonyl (C=O) groups excluding carboxylic acids is 2. The van der Waals surface area contributed by atoms with Gasteiger partial charge in [-0.1, -0.05) is 54.1 Å². The molecule has 0 heterocycles. The van der Waals surface area contributed by atoms with Crippen molar-refractivity contribution in [2.75, 3.05) is 6.61 Å². The second-order valence-electron chi connectivity index (χ2n) is 6.15. The maximum Gasteiger partial charge on any atom is 0.343 e. The minimum absolute atomic E-state index is 0.288. The number of aryl methyl sites for hydroxylation is 1. The van der Waals surface area contributed by atoms with Gasteiger partial charge in [0.2, 0.25) is 0 Å². The van der Waals surface area contributed by atoms with Crippen LogP contribution in [0.4, 0.5) is 0 Å². The molecule has 0 amide bonds. The van der Waals surface area contributed by atoms with Crippen LogP contribution < -0.4 is 4.74 Å². The van der Waals surface area contributed by atoms with E-state index in [9.17, 15) is 9.59 Å². The predicted molar refractivity (Wildman–Crippen MR) is 103 cm³/mol. The summed E-state index contributed by atoms with van der Waals surface area (Å²) in [4.78, 5) is 24.4. The van der Waals surface area contributed by atoms with Crippen LogP contribution in [-0.4, -0.2) is 18.5 Å². The van der Waals surface area contributed by atoms with Crippen molar-refractivity contribution < 1.29 is 19.1 Å². The summed E-state index contributed by atoms with van der Waals surface area (Å²) in [7, 11) is 0. The average Bonchev–Trinajstić information content (AvgIpc) is 2.69. The SMILES string of the molecule is Cc1ccc(C(=O)Oc2cccc(C(=O)OCCc3ccccc3)c2)cc1. The second-order valence-corrected chi connectivity index (χ2v) is 6.15. The Hall–Kier alpha value is -3.40. The maximum atomic E-state index is 12.2. The van der Waals surface area contributed by atoms with Crippen molar-refractivity contribution in [3.8, 4) is 5.75 Å². The van der Waals surface area contributed by atoms with E-state index in [-0.39, 0.29) is 6.61 Å². The van der Waals surface area contributed by atoms with E-state index >= 15 is 0 Å². The Morgan fingerprint density at radius 2 is 1.52 bits per heavy atom. The molecule has 27 heavy (non-hydrogen) atoms. The topological polar surface area (TPSA) is 52.6 Å². The summed E-state index contributed by atoms with van der Waals surface area (Å²) in [5.41, 5.74) is 2.96. The smallest absolute Gasteiger partial charge is 0.343 e. The van der Waals surface area contributed by atoms with Crippen molar-refractivity contribution in [1.82, 2.24) is 0 Å². The van der Waals surface area contributed by atoms with E-state index in [0.717, 1.165) is 11.1 Å². The quantitative estimate of drug-likeness (QED) is 0.476. The molecular formula is C23H20O4. The van der Waals surface area contributed by atoms with Gasteiger partial charge in [-0.3, -0.25) is 0 Å². The fourth-order valence-corrected chi connectivity index (χ4v) is 2.53. The molecule has 0 aliphatic rings. The van der Waals surface area contributed by atoms with Gasteiger partial charge in [0.1, 0.15) is 5.75 Å². The van der Waals surface area contributed by atoms with E-state index in [0.29, 0.717) is 23.3 Å². The van der Waals surface area contributed by atoms with Gasteiger partial charge in [-0.2, -0.15) is 0 Å². The third kappa shape index (κ3) is 5.28. The highest BCUT2D eigenvalue weighted by atomic mass is 16.5. The summed E-state index contributed by atoms with van der Waals surface area (Å²) >= 11 is 0. The molecule has 0 unspecified atom stereocenters. The number of benzene rings is 3. The van der Waals surface area contributed by atoms with Gasteiger partial charge in [0.15, 0.2) is 0 Å². The molecule has 0 aliphatic heterocycles. The van der Waals surface area contributed by atoms with Gasteiger partial charge < -0.3 is 9.47 Å². The molecule has 0 aromatic heterocycles. The lowest BCUT2D eigenvalue weighted by molar-refractivity contribution is 0.0507. The van der Waals surface area contributed by atoms with Crippen molar-refractivity contribution in [2.24, 2.45) is 0 Å². The Balaban J connectivity index is 1.58. The Labute approximate surface area is 158 Å². The van der Waals surface area contributed by atoms with E-state index in [1.54, 1.807) is 30.3 Å². The molecule has 0 fully saturated rings. The minimum atomic E-state index is -0.468. The summed E-state index contributed by atoms with van der Waals surface area (Å²) < 4.78 is 10.7. The molecule has 0 saturated heterocycles. The van der Waals surface area contributed by atoms with Crippen LogP contribution >= 0.6 is 0 Å². The molecule has 0 spiro atoms. The molecule has 4 heteroatoms. The average molecular weight is 360 g/mol. The van der Waals surface area contributed by atoms with Gasteiger partial charge in [-0.25, -0.2) is 9.59 Å². The largest absolute Gasteiger partial charge is 0.462 e. The fraction of sp³-hybridized carbons (Fsp3) is 0.130. The predicted octanol–water partition coefficient (Wildman–Crippen LogP) is 4.61. The Bertz CT molecular complexity index is 915. The van der Waals surface area contributed by atoms with E-state index in [2.05, 4.69) is 0 Å². The van der Waals surface area contributed by atoms with Crippen LogP contribution in [0.5, 0.6) is 5.75 Å². The first kappa shape index (κ1) is 18.4. The molecule has 136 valence electrons. The van der Waals surface area contributed by atoms with E-state index in [4.69, 9.17) is 9.47 Å². The third-order valence-corrected chi connectivity index (χ3v) is 4.03. The maximum absolute atomic E-state index is 12.2. The van der Waals surface area contributed by atoms with Crippen LogP contribution in [0.2, 0.25) is 0 Å². The van der Waals surface area contributed by atoms with Crippen LogP contribution in [0.1, 0.15) is 31.8 Å². The lowest BCUT2D eigenvalue weighted by Gasteiger charge is -2.08. The highest BCUT2D eigenvalue weighted by molar-refractivity contribution is 5.92. The number of hydrogen-bond donors (Lipinski definition) is 0. The molecule has 0 saturated carbocycles. The monoisotopic (exact) mass is 360 g/mol. The lowest BCUT2D eigenvalue weighted by atomic mass is 10.1. The zero-order valence-electron chi connectivity index (χ0n) is 15.1. The molecule has 0 radical (unpaired) electrons. The van der Waals surface area contributed by atoms with Crippen LogP contribution in [0.25, 0.3) is 0 Å². The van der Waals surface area contributed by atoms with Gasteiger partial charge in [0, 0.05) is 6.42 Å². The van der Waals surface area contributed by atoms with E-state index in [1.165, 1.54) is 6.07 Å². The van der Waals surface area contributed by atoms with Crippen molar-refractivity contribution in [1.29, 1.82) is 0 Å². The van der Waals surface area contributed by atoms with Crippen molar-refractivity contribution in [3.05, 3.63) is 101 Å². The molecule has 3 rings (SSSR count). The first-order chi connectivity index (χ1) is 13.1. The van der Waals surface area contributed by atoms with Gasteiger partial charge in [-0.15, -0.1) is 0 Å². The number of hydrogen-bond acceptors (Lipinski definition) is 4. The molecule has 0 bridgehead atoms. The zero-order chi connectivity index (χ0) is 19.1. The van der Waals surface area contributed by atoms with Crippen molar-refractivity contribution in [2.45, 2.75) is 13.3 Å². The Morgan fingerprint density at radius 1 is 0.778 bits per heavy atom. The number of ether oxygens (including phenoxy) is 2. The van der Waals surface area contributed by atoms with E-state index < -0.39 is 11.9 Å². The Morgan fingerprint density at radius 3 is 2.26 bits per heavy atom. The number of carbonyl (C=O) groups is 2. The molecule has 0 atom stereocenters. The molecule has 0 N–H and O–H groups in total. The minimum Gasteiger partial charge on any atom is -0.462 e. The van der Waals surface area contributed by atoms with Crippen LogP contribution in [-0.2, 0) is 11.2 Å². The number of esters is 2. The zero-order valence-corrected chi connectivity index (χ0v) is 15.1. The standard InChI is InChI=1S/C23H20O4/c1-17-10-12-19(13-11-17)23(25)27-21-9-5-8-20(16-21)22(24)26-15-14-18-6-3-2-4-7-18/h2-13,16H,14-15H2,1H3. The fourth-order valence-electron chi connectivity index (χ4n) is 2.53. The summed E-state index contributed by atoms with van der Waals surface area (Å²) in [5, 5.41) is 0. The normalized spacial score (nSPS) is 10.3. The highest BCUT2D eigenvalue weighted by Crippen LogP contribution is 2.16. The molecule has 3 aromatic carbocycles. The molecule has 3 aromatic rings. The first-order valence-electron chi connectivity index (χ1n) is 8.72. The molecular weight excluding hydrogens is 340 g/mol. The molecule has 4 nitrogen and oxygen atoms in total. The number of rotatable bonds is 6. The van der Waals surface area contributed by atoms with Gasteiger partial charge in [-0.05, 0) is 42.8 Å². The summed E-state index contributed by atoms with van der Waals surface area (Å²) in [5.74, 6) is -0.609. The van der Waals surface area contributed by atoms with E-state index in [1.807, 2.05) is 49.4 Å². The van der Waals surface area contributed by atoms with Crippen LogP contribution in [0.3, 0.4) is 0 Å². The van der Waals surface area contributed by atoms with Gasteiger partial charge in [0.25, 0.3) is 0 Å². The van der Waals surface area contributed by atoms with Crippen molar-refractivity contribution in [3.63, 3.8) is 0 Å². The lowest BCUT2D eigenvalue weighted by Crippen LogP contribution is -2.10. The van der Waals surface area contributed by atoms with Gasteiger partial charge >= 0.3 is 11.9 Å². The van der Waals surface area contributed by atoms with Crippen LogP contribution in [0, 0.1) is 6.92 Å². The first-order valence-corrected chi connectivity index (χ1v) is 8.72. The second kappa shape index (κ2) is 8.81. The summed E-state index contributed by atoms with van der Waals surface area (Å²) in [6.07, 6.45) is 0.648.